The van der Waals surface area contributed by atoms with Gasteiger partial charge in [-0.1, -0.05) is 24.8 Å². The highest BCUT2D eigenvalue weighted by atomic mass is 32.2. The van der Waals surface area contributed by atoms with E-state index in [0.29, 0.717) is 22.2 Å². The van der Waals surface area contributed by atoms with Crippen LogP contribution in [0.4, 0.5) is 4.79 Å². The van der Waals surface area contributed by atoms with Gasteiger partial charge < -0.3 is 30.9 Å². The van der Waals surface area contributed by atoms with Gasteiger partial charge in [0, 0.05) is 28.8 Å². The molecule has 5 N–H and O–H groups in total. The van der Waals surface area contributed by atoms with Crippen molar-refractivity contribution in [1.82, 2.24) is 15.2 Å². The molecule has 10 nitrogen and oxygen atoms in total. The molecule has 0 radical (unpaired) electrons. The first-order valence-corrected chi connectivity index (χ1v) is 11.9. The van der Waals surface area contributed by atoms with E-state index in [4.69, 9.17) is 10.5 Å². The number of aromatic nitrogens is 1. The maximum atomic E-state index is 12.5. The number of fused-ring (bicyclic) bond motifs is 1. The zero-order valence-corrected chi connectivity index (χ0v) is 19.1. The van der Waals surface area contributed by atoms with Crippen LogP contribution in [0.5, 0.6) is 0 Å². The highest BCUT2D eigenvalue weighted by Crippen LogP contribution is 2.52. The number of aliphatic carboxylic acids is 1. The first-order chi connectivity index (χ1) is 15.2. The van der Waals surface area contributed by atoms with Crippen molar-refractivity contribution < 1.29 is 29.3 Å². The van der Waals surface area contributed by atoms with Crippen molar-refractivity contribution in [3.8, 4) is 0 Å². The molecule has 1 aromatic heterocycles. The minimum Gasteiger partial charge on any atom is -0.477 e. The monoisotopic (exact) mass is 480 g/mol. The molecule has 5 atom stereocenters. The van der Waals surface area contributed by atoms with Gasteiger partial charge >= 0.3 is 12.1 Å². The smallest absolute Gasteiger partial charge is 0.404 e. The summed E-state index contributed by atoms with van der Waals surface area (Å²) in [6.07, 6.45) is 0.975. The van der Waals surface area contributed by atoms with E-state index in [9.17, 15) is 24.6 Å². The minimum absolute atomic E-state index is 0.0177. The molecule has 0 saturated carbocycles. The molecule has 2 amide bonds. The molecule has 1 saturated heterocycles. The number of carboxylic acid groups (broad SMARTS) is 1. The van der Waals surface area contributed by atoms with Crippen LogP contribution in [-0.4, -0.2) is 69.4 Å². The molecule has 0 aromatic carbocycles. The van der Waals surface area contributed by atoms with Crippen LogP contribution in [0.25, 0.3) is 5.57 Å². The lowest BCUT2D eigenvalue weighted by molar-refractivity contribution is -0.163. The Morgan fingerprint density at radius 1 is 1.50 bits per heavy atom. The van der Waals surface area contributed by atoms with E-state index in [1.165, 1.54) is 28.0 Å². The van der Waals surface area contributed by atoms with Crippen molar-refractivity contribution in [2.45, 2.75) is 42.8 Å². The summed E-state index contributed by atoms with van der Waals surface area (Å²) in [4.78, 5) is 41.8. The third-order valence-corrected chi connectivity index (χ3v) is 8.19. The van der Waals surface area contributed by atoms with E-state index < -0.39 is 24.1 Å². The van der Waals surface area contributed by atoms with Gasteiger partial charge in [0.2, 0.25) is 5.91 Å². The van der Waals surface area contributed by atoms with Crippen LogP contribution in [-0.2, 0) is 14.3 Å². The van der Waals surface area contributed by atoms with Gasteiger partial charge in [-0.05, 0) is 18.9 Å². The van der Waals surface area contributed by atoms with E-state index in [1.54, 1.807) is 6.92 Å². The SMILES string of the molecule is C[C@@H](O)[C@H]1C(=O)N2C(C(=O)O)=C(Sc3nc(C4=CCN[C@H](COC(N)=O)C4)cs3)[C@H](C)[C@H]12. The Balaban J connectivity index is 1.51. The predicted molar refractivity (Wildman–Crippen MR) is 118 cm³/mol. The van der Waals surface area contributed by atoms with E-state index in [0.717, 1.165) is 11.3 Å². The van der Waals surface area contributed by atoms with E-state index >= 15 is 0 Å². The molecule has 172 valence electrons. The van der Waals surface area contributed by atoms with Gasteiger partial charge in [0.15, 0.2) is 4.34 Å². The molecule has 0 spiro atoms. The van der Waals surface area contributed by atoms with Crippen LogP contribution in [0.15, 0.2) is 26.4 Å². The number of carbonyl (C=O) groups excluding carboxylic acids is 2. The normalized spacial score (nSPS) is 28.2. The summed E-state index contributed by atoms with van der Waals surface area (Å²) in [7, 11) is 0. The number of ether oxygens (including phenoxy) is 1. The number of aliphatic hydroxyl groups is 1. The topological polar surface area (TPSA) is 155 Å². The van der Waals surface area contributed by atoms with Gasteiger partial charge in [-0.15, -0.1) is 11.3 Å². The lowest BCUT2D eigenvalue weighted by Gasteiger charge is -2.46. The van der Waals surface area contributed by atoms with Gasteiger partial charge in [0.05, 0.1) is 23.8 Å². The molecule has 4 heterocycles. The van der Waals surface area contributed by atoms with E-state index in [-0.39, 0.29) is 36.2 Å². The van der Waals surface area contributed by atoms with Gasteiger partial charge in [0.1, 0.15) is 12.3 Å². The molecule has 32 heavy (non-hydrogen) atoms. The fraction of sp³-hybridized carbons (Fsp3) is 0.500. The summed E-state index contributed by atoms with van der Waals surface area (Å²) in [6.45, 7) is 4.21. The van der Waals surface area contributed by atoms with Crippen LogP contribution in [0.1, 0.15) is 26.0 Å². The third kappa shape index (κ3) is 4.03. The zero-order valence-electron chi connectivity index (χ0n) is 17.5. The second kappa shape index (κ2) is 8.85. The van der Waals surface area contributed by atoms with Crippen LogP contribution in [0, 0.1) is 11.8 Å². The maximum Gasteiger partial charge on any atom is 0.404 e. The number of carboxylic acids is 1. The summed E-state index contributed by atoms with van der Waals surface area (Å²) >= 11 is 2.66. The van der Waals surface area contributed by atoms with E-state index in [1.807, 2.05) is 18.4 Å². The molecule has 3 aliphatic rings. The number of amides is 2. The molecule has 1 aromatic rings. The molecule has 12 heteroatoms. The first kappa shape index (κ1) is 22.8. The zero-order chi connectivity index (χ0) is 23.2. The van der Waals surface area contributed by atoms with Crippen molar-refractivity contribution in [3.63, 3.8) is 0 Å². The summed E-state index contributed by atoms with van der Waals surface area (Å²) in [5.74, 6) is -2.32. The lowest BCUT2D eigenvalue weighted by Crippen LogP contribution is -2.63. The number of thioether (sulfide) groups is 1. The predicted octanol–water partition coefficient (Wildman–Crippen LogP) is 1.23. The number of nitrogens with zero attached hydrogens (tertiary/aromatic N) is 2. The summed E-state index contributed by atoms with van der Waals surface area (Å²) in [6, 6.07) is -0.419. The number of thiazole rings is 1. The number of hydrogen-bond acceptors (Lipinski definition) is 9. The highest BCUT2D eigenvalue weighted by molar-refractivity contribution is 8.04. The average molecular weight is 481 g/mol. The Hall–Kier alpha value is -2.41. The van der Waals surface area contributed by atoms with Crippen molar-refractivity contribution in [3.05, 3.63) is 27.8 Å². The lowest BCUT2D eigenvalue weighted by atomic mass is 9.79. The van der Waals surface area contributed by atoms with Crippen LogP contribution in [0.2, 0.25) is 0 Å². The van der Waals surface area contributed by atoms with Gasteiger partial charge in [-0.2, -0.15) is 0 Å². The molecule has 0 aliphatic carbocycles. The number of β-lactam (4-membered cyclic amide) rings is 1. The van der Waals surface area contributed by atoms with Gasteiger partial charge in [-0.25, -0.2) is 14.6 Å². The Labute approximate surface area is 192 Å². The quantitative estimate of drug-likeness (QED) is 0.422. The second-order valence-electron chi connectivity index (χ2n) is 8.04. The maximum absolute atomic E-state index is 12.5. The largest absolute Gasteiger partial charge is 0.477 e. The van der Waals surface area contributed by atoms with Gasteiger partial charge in [0.25, 0.3) is 0 Å². The van der Waals surface area contributed by atoms with Crippen LogP contribution in [0.3, 0.4) is 0 Å². The molecule has 0 unspecified atom stereocenters. The Kier molecular flexibility index (Phi) is 6.30. The molecule has 3 aliphatic heterocycles. The Bertz CT molecular complexity index is 1020. The standard InChI is InChI=1S/C20H24N4O6S2/c1-8-14-13(9(2)25)17(26)24(14)15(18(27)28)16(8)32-20-23-12(7-31-20)10-3-4-22-11(5-10)6-30-19(21)29/h3,7-9,11,13-14,22,25H,4-6H2,1-2H3,(H2,21,29)(H,27,28)/t8-,9-,11+,13-,14-/m1/s1. The van der Waals surface area contributed by atoms with Crippen molar-refractivity contribution >= 4 is 46.6 Å². The summed E-state index contributed by atoms with van der Waals surface area (Å²) < 4.78 is 5.56. The summed E-state index contributed by atoms with van der Waals surface area (Å²) in [5.41, 5.74) is 6.81. The minimum atomic E-state index is -1.16. The third-order valence-electron chi connectivity index (χ3n) is 5.97. The molecular formula is C20H24N4O6S2. The van der Waals surface area contributed by atoms with Gasteiger partial charge in [-0.3, -0.25) is 4.79 Å². The van der Waals surface area contributed by atoms with Crippen molar-refractivity contribution in [2.24, 2.45) is 17.6 Å². The number of rotatable bonds is 7. The molecule has 4 rings (SSSR count). The fourth-order valence-electron chi connectivity index (χ4n) is 4.48. The highest BCUT2D eigenvalue weighted by Gasteiger charge is 2.60. The average Bonchev–Trinajstić information content (AvgIpc) is 3.29. The van der Waals surface area contributed by atoms with E-state index in [2.05, 4.69) is 10.3 Å². The number of nitrogens with two attached hydrogens (primary N) is 1. The van der Waals surface area contributed by atoms with Crippen LogP contribution >= 0.6 is 23.1 Å². The number of nitrogens with one attached hydrogen (secondary N) is 1. The number of aliphatic hydroxyl groups excluding tert-OH is 1. The number of carbonyl (C=O) groups is 3. The number of hydrogen-bond donors (Lipinski definition) is 4. The van der Waals surface area contributed by atoms with Crippen LogP contribution < -0.4 is 11.1 Å². The Morgan fingerprint density at radius 3 is 2.91 bits per heavy atom. The fourth-order valence-corrected chi connectivity index (χ4v) is 6.60. The molecular weight excluding hydrogens is 456 g/mol. The van der Waals surface area contributed by atoms with Crippen molar-refractivity contribution in [2.75, 3.05) is 13.2 Å². The van der Waals surface area contributed by atoms with Crippen molar-refractivity contribution in [1.29, 1.82) is 0 Å². The molecule has 0 bridgehead atoms. The Morgan fingerprint density at radius 2 is 2.25 bits per heavy atom. The molecule has 1 fully saturated rings. The number of primary amides is 1. The second-order valence-corrected chi connectivity index (χ2v) is 10.2. The first-order valence-electron chi connectivity index (χ1n) is 10.2. The summed E-state index contributed by atoms with van der Waals surface area (Å²) in [5, 5.41) is 24.9.